The van der Waals surface area contributed by atoms with Crippen molar-refractivity contribution in [3.05, 3.63) is 53.6 Å². The van der Waals surface area contributed by atoms with Crippen LogP contribution < -0.4 is 11.1 Å². The fourth-order valence-corrected chi connectivity index (χ4v) is 2.02. The first-order valence-corrected chi connectivity index (χ1v) is 6.36. The van der Waals surface area contributed by atoms with Gasteiger partial charge in [-0.15, -0.1) is 0 Å². The third-order valence-electron chi connectivity index (χ3n) is 3.03. The highest BCUT2D eigenvalue weighted by Crippen LogP contribution is 2.24. The van der Waals surface area contributed by atoms with Crippen LogP contribution in [0.4, 0.5) is 17.1 Å². The largest absolute Gasteiger partial charge is 0.398 e. The first-order chi connectivity index (χ1) is 9.61. The number of nitrogens with two attached hydrogens (primary N) is 1. The van der Waals surface area contributed by atoms with Gasteiger partial charge in [-0.05, 0) is 31.2 Å². The molecule has 0 aliphatic heterocycles. The number of Topliss-reactive ketones (excluding diaryl/α,β-unsaturated/α-hetero) is 1. The maximum Gasteiger partial charge on any atom is 0.161 e. The number of hydrogen-bond acceptors (Lipinski definition) is 4. The molecule has 0 aromatic heterocycles. The third kappa shape index (κ3) is 3.16. The average Bonchev–Trinajstić information content (AvgIpc) is 2.43. The van der Waals surface area contributed by atoms with Gasteiger partial charge < -0.3 is 15.8 Å². The van der Waals surface area contributed by atoms with E-state index in [0.29, 0.717) is 17.9 Å². The van der Waals surface area contributed by atoms with Crippen LogP contribution in [0.5, 0.6) is 0 Å². The number of ether oxygens (including phenoxy) is 1. The van der Waals surface area contributed by atoms with Crippen LogP contribution in [0, 0.1) is 0 Å². The highest BCUT2D eigenvalue weighted by molar-refractivity contribution is 6.00. The number of anilines is 3. The van der Waals surface area contributed by atoms with E-state index in [1.54, 1.807) is 19.2 Å². The molecule has 2 aromatic rings. The fraction of sp³-hybridized carbons (Fsp3) is 0.188. The average molecular weight is 270 g/mol. The molecule has 0 saturated carbocycles. The molecule has 4 nitrogen and oxygen atoms in total. The van der Waals surface area contributed by atoms with E-state index in [9.17, 15) is 4.79 Å². The summed E-state index contributed by atoms with van der Waals surface area (Å²) in [6.45, 7) is 2.03. The number of carbonyl (C=O) groups excluding carboxylic acids is 1. The van der Waals surface area contributed by atoms with Crippen molar-refractivity contribution in [2.75, 3.05) is 18.2 Å². The predicted molar refractivity (Wildman–Crippen MR) is 81.3 cm³/mol. The van der Waals surface area contributed by atoms with Crippen molar-refractivity contribution >= 4 is 22.8 Å². The van der Waals surface area contributed by atoms with E-state index in [1.165, 1.54) is 6.92 Å². The number of nitrogens with one attached hydrogen (secondary N) is 1. The Morgan fingerprint density at radius 1 is 1.25 bits per heavy atom. The SMILES string of the molecule is COCc1ccccc1Nc1ccc(N)c(C(C)=O)c1. The Hall–Kier alpha value is -2.33. The van der Waals surface area contributed by atoms with Crippen LogP contribution in [0.3, 0.4) is 0 Å². The zero-order valence-electron chi connectivity index (χ0n) is 11.6. The molecule has 0 fully saturated rings. The molecule has 2 aromatic carbocycles. The van der Waals surface area contributed by atoms with Crippen LogP contribution in [-0.2, 0) is 11.3 Å². The van der Waals surface area contributed by atoms with E-state index in [1.807, 2.05) is 30.3 Å². The molecule has 0 saturated heterocycles. The van der Waals surface area contributed by atoms with Gasteiger partial charge in [0, 0.05) is 35.3 Å². The van der Waals surface area contributed by atoms with Crippen LogP contribution in [-0.4, -0.2) is 12.9 Å². The summed E-state index contributed by atoms with van der Waals surface area (Å²) in [5, 5.41) is 3.29. The van der Waals surface area contributed by atoms with Crippen molar-refractivity contribution in [2.24, 2.45) is 0 Å². The standard InChI is InChI=1S/C16H18N2O2/c1-11(19)14-9-13(7-8-15(14)17)18-16-6-4-3-5-12(16)10-20-2/h3-9,18H,10,17H2,1-2H3. The van der Waals surface area contributed by atoms with Gasteiger partial charge in [-0.25, -0.2) is 0 Å². The van der Waals surface area contributed by atoms with Crippen molar-refractivity contribution in [2.45, 2.75) is 13.5 Å². The van der Waals surface area contributed by atoms with Crippen LogP contribution >= 0.6 is 0 Å². The van der Waals surface area contributed by atoms with Crippen molar-refractivity contribution in [3.8, 4) is 0 Å². The highest BCUT2D eigenvalue weighted by atomic mass is 16.5. The minimum absolute atomic E-state index is 0.0451. The van der Waals surface area contributed by atoms with Crippen molar-refractivity contribution in [3.63, 3.8) is 0 Å². The predicted octanol–water partition coefficient (Wildman–Crippen LogP) is 3.36. The summed E-state index contributed by atoms with van der Waals surface area (Å²) in [6, 6.07) is 13.2. The molecule has 0 amide bonds. The lowest BCUT2D eigenvalue weighted by atomic mass is 10.1. The Kier molecular flexibility index (Phi) is 4.38. The first kappa shape index (κ1) is 14.1. The van der Waals surface area contributed by atoms with E-state index in [-0.39, 0.29) is 5.78 Å². The van der Waals surface area contributed by atoms with Crippen LogP contribution in [0.1, 0.15) is 22.8 Å². The zero-order valence-corrected chi connectivity index (χ0v) is 11.6. The van der Waals surface area contributed by atoms with E-state index in [2.05, 4.69) is 5.32 Å². The Morgan fingerprint density at radius 2 is 2.00 bits per heavy atom. The number of methoxy groups -OCH3 is 1. The number of rotatable bonds is 5. The molecule has 0 aliphatic rings. The summed E-state index contributed by atoms with van der Waals surface area (Å²) >= 11 is 0. The Morgan fingerprint density at radius 3 is 2.70 bits per heavy atom. The maximum absolute atomic E-state index is 11.5. The van der Waals surface area contributed by atoms with Gasteiger partial charge in [-0.2, -0.15) is 0 Å². The smallest absolute Gasteiger partial charge is 0.161 e. The summed E-state index contributed by atoms with van der Waals surface area (Å²) < 4.78 is 5.17. The van der Waals surface area contributed by atoms with Gasteiger partial charge in [-0.1, -0.05) is 18.2 Å². The van der Waals surface area contributed by atoms with Gasteiger partial charge >= 0.3 is 0 Å². The maximum atomic E-state index is 11.5. The molecule has 4 heteroatoms. The molecule has 0 unspecified atom stereocenters. The molecule has 0 bridgehead atoms. The molecular weight excluding hydrogens is 252 g/mol. The molecular formula is C16H18N2O2. The Bertz CT molecular complexity index is 624. The monoisotopic (exact) mass is 270 g/mol. The molecule has 104 valence electrons. The lowest BCUT2D eigenvalue weighted by Crippen LogP contribution is -2.02. The third-order valence-corrected chi connectivity index (χ3v) is 3.03. The molecule has 0 aliphatic carbocycles. The number of hydrogen-bond donors (Lipinski definition) is 2. The molecule has 0 heterocycles. The second kappa shape index (κ2) is 6.21. The van der Waals surface area contributed by atoms with Gasteiger partial charge in [-0.3, -0.25) is 4.79 Å². The lowest BCUT2D eigenvalue weighted by molar-refractivity contribution is 0.101. The molecule has 0 atom stereocenters. The van der Waals surface area contributed by atoms with Gasteiger partial charge in [0.15, 0.2) is 5.78 Å². The molecule has 0 radical (unpaired) electrons. The molecule has 3 N–H and O–H groups in total. The van der Waals surface area contributed by atoms with Gasteiger partial charge in [0.05, 0.1) is 6.61 Å². The second-order valence-electron chi connectivity index (χ2n) is 4.57. The van der Waals surface area contributed by atoms with Crippen LogP contribution in [0.25, 0.3) is 0 Å². The highest BCUT2D eigenvalue weighted by Gasteiger charge is 2.07. The molecule has 20 heavy (non-hydrogen) atoms. The first-order valence-electron chi connectivity index (χ1n) is 6.36. The number of carbonyl (C=O) groups is 1. The van der Waals surface area contributed by atoms with E-state index < -0.39 is 0 Å². The quantitative estimate of drug-likeness (QED) is 0.646. The molecule has 0 spiro atoms. The van der Waals surface area contributed by atoms with Crippen molar-refractivity contribution in [1.82, 2.24) is 0 Å². The van der Waals surface area contributed by atoms with Crippen LogP contribution in [0.15, 0.2) is 42.5 Å². The summed E-state index contributed by atoms with van der Waals surface area (Å²) in [7, 11) is 1.66. The Balaban J connectivity index is 2.31. The van der Waals surface area contributed by atoms with Crippen molar-refractivity contribution in [1.29, 1.82) is 0 Å². The number of para-hydroxylation sites is 1. The fourth-order valence-electron chi connectivity index (χ4n) is 2.02. The normalized spacial score (nSPS) is 10.3. The lowest BCUT2D eigenvalue weighted by Gasteiger charge is -2.13. The summed E-state index contributed by atoms with van der Waals surface area (Å²) in [6.07, 6.45) is 0. The minimum Gasteiger partial charge on any atom is -0.398 e. The summed E-state index contributed by atoms with van der Waals surface area (Å²) in [5.74, 6) is -0.0451. The summed E-state index contributed by atoms with van der Waals surface area (Å²) in [4.78, 5) is 11.5. The second-order valence-corrected chi connectivity index (χ2v) is 4.57. The number of nitrogen functional groups attached to an aromatic ring is 1. The topological polar surface area (TPSA) is 64.3 Å². The Labute approximate surface area is 118 Å². The summed E-state index contributed by atoms with van der Waals surface area (Å²) in [5.41, 5.74) is 9.64. The van der Waals surface area contributed by atoms with Gasteiger partial charge in [0.25, 0.3) is 0 Å². The number of ketones is 1. The minimum atomic E-state index is -0.0451. The van der Waals surface area contributed by atoms with E-state index in [4.69, 9.17) is 10.5 Å². The zero-order chi connectivity index (χ0) is 14.5. The van der Waals surface area contributed by atoms with Gasteiger partial charge in [0.2, 0.25) is 0 Å². The van der Waals surface area contributed by atoms with Gasteiger partial charge in [0.1, 0.15) is 0 Å². The molecule has 2 rings (SSSR count). The van der Waals surface area contributed by atoms with Crippen molar-refractivity contribution < 1.29 is 9.53 Å². The number of benzene rings is 2. The van der Waals surface area contributed by atoms with E-state index in [0.717, 1.165) is 16.9 Å². The van der Waals surface area contributed by atoms with Crippen LogP contribution in [0.2, 0.25) is 0 Å². The van der Waals surface area contributed by atoms with E-state index >= 15 is 0 Å².